The molecule has 1 N–H and O–H groups in total. The normalized spacial score (nSPS) is 12.2. The maximum absolute atomic E-state index is 13.5. The molecule has 2 aromatic carbocycles. The van der Waals surface area contributed by atoms with E-state index in [2.05, 4.69) is 15.9 Å². The van der Waals surface area contributed by atoms with Crippen molar-refractivity contribution in [2.24, 2.45) is 0 Å². The van der Waals surface area contributed by atoms with E-state index in [1.54, 1.807) is 25.3 Å². The van der Waals surface area contributed by atoms with Crippen molar-refractivity contribution in [1.29, 1.82) is 0 Å². The molecule has 1 atom stereocenters. The van der Waals surface area contributed by atoms with Gasteiger partial charge in [-0.25, -0.2) is 4.39 Å². The molecule has 0 aliphatic rings. The van der Waals surface area contributed by atoms with E-state index in [0.29, 0.717) is 17.1 Å². The van der Waals surface area contributed by atoms with Crippen molar-refractivity contribution in [3.8, 4) is 5.75 Å². The fourth-order valence-electron chi connectivity index (χ4n) is 1.90. The Labute approximate surface area is 136 Å². The predicted molar refractivity (Wildman–Crippen MR) is 87.5 cm³/mol. The summed E-state index contributed by atoms with van der Waals surface area (Å²) < 4.78 is 19.6. The highest BCUT2D eigenvalue weighted by Crippen LogP contribution is 2.26. The van der Waals surface area contributed by atoms with Crippen LogP contribution in [0.1, 0.15) is 5.56 Å². The molecule has 0 spiro atoms. The Morgan fingerprint density at radius 1 is 1.29 bits per heavy atom. The van der Waals surface area contributed by atoms with Gasteiger partial charge in [0.05, 0.1) is 13.2 Å². The summed E-state index contributed by atoms with van der Waals surface area (Å²) >= 11 is 4.78. The Kier molecular flexibility index (Phi) is 6.08. The van der Waals surface area contributed by atoms with Gasteiger partial charge in [-0.2, -0.15) is 0 Å². The van der Waals surface area contributed by atoms with Gasteiger partial charge in [0, 0.05) is 21.5 Å². The lowest BCUT2D eigenvalue weighted by atomic mass is 10.1. The second kappa shape index (κ2) is 7.82. The lowest BCUT2D eigenvalue weighted by molar-refractivity contribution is 0.200. The second-order valence-corrected chi connectivity index (χ2v) is 6.47. The van der Waals surface area contributed by atoms with Gasteiger partial charge in [0.25, 0.3) is 0 Å². The van der Waals surface area contributed by atoms with Crippen molar-refractivity contribution in [3.05, 3.63) is 58.3 Å². The van der Waals surface area contributed by atoms with E-state index in [1.807, 2.05) is 18.2 Å². The Bertz CT molecular complexity index is 607. The average Bonchev–Trinajstić information content (AvgIpc) is 2.48. The first kappa shape index (κ1) is 16.3. The number of rotatable bonds is 6. The first-order valence-electron chi connectivity index (χ1n) is 6.48. The highest BCUT2D eigenvalue weighted by Gasteiger charge is 2.11. The van der Waals surface area contributed by atoms with Crippen LogP contribution >= 0.6 is 27.7 Å². The molecule has 2 rings (SSSR count). The molecule has 1 unspecified atom stereocenters. The molecular weight excluding hydrogens is 355 g/mol. The number of thioether (sulfide) groups is 1. The van der Waals surface area contributed by atoms with Crippen LogP contribution in [0.25, 0.3) is 0 Å². The molecule has 0 aliphatic heterocycles. The number of hydrogen-bond acceptors (Lipinski definition) is 3. The Morgan fingerprint density at radius 2 is 2.05 bits per heavy atom. The minimum absolute atomic E-state index is 0.253. The third-order valence-corrected chi connectivity index (χ3v) is 4.94. The smallest absolute Gasteiger partial charge is 0.136 e. The van der Waals surface area contributed by atoms with Gasteiger partial charge in [0.2, 0.25) is 0 Å². The minimum atomic E-state index is -0.557. The first-order valence-corrected chi connectivity index (χ1v) is 8.26. The number of halogens is 2. The van der Waals surface area contributed by atoms with Crippen LogP contribution in [0.3, 0.4) is 0 Å². The first-order chi connectivity index (χ1) is 10.1. The van der Waals surface area contributed by atoms with Crippen LogP contribution in [0.5, 0.6) is 5.75 Å². The van der Waals surface area contributed by atoms with Gasteiger partial charge in [0.15, 0.2) is 0 Å². The molecule has 0 aromatic heterocycles. The highest BCUT2D eigenvalue weighted by atomic mass is 79.9. The standard InChI is InChI=1S/C16H16BrFO2S/c1-20-13-6-7-14(17)11(9-13)8-12(19)10-21-16-5-3-2-4-15(16)18/h2-7,9,12,19H,8,10H2,1H3. The molecule has 2 nitrogen and oxygen atoms in total. The third-order valence-electron chi connectivity index (χ3n) is 2.98. The van der Waals surface area contributed by atoms with Gasteiger partial charge < -0.3 is 9.84 Å². The zero-order valence-corrected chi connectivity index (χ0v) is 14.0. The predicted octanol–water partition coefficient (Wildman–Crippen LogP) is 4.29. The summed E-state index contributed by atoms with van der Waals surface area (Å²) in [6.07, 6.45) is -0.0720. The lowest BCUT2D eigenvalue weighted by Crippen LogP contribution is -2.14. The number of methoxy groups -OCH3 is 1. The maximum Gasteiger partial charge on any atom is 0.136 e. The van der Waals surface area contributed by atoms with E-state index in [0.717, 1.165) is 15.8 Å². The van der Waals surface area contributed by atoms with Crippen LogP contribution in [-0.2, 0) is 6.42 Å². The summed E-state index contributed by atoms with van der Waals surface area (Å²) in [7, 11) is 1.61. The Hall–Kier alpha value is -1.04. The molecule has 21 heavy (non-hydrogen) atoms. The molecule has 0 amide bonds. The molecule has 0 fully saturated rings. The molecule has 112 valence electrons. The zero-order chi connectivity index (χ0) is 15.2. The summed E-state index contributed by atoms with van der Waals surface area (Å²) in [6, 6.07) is 12.2. The number of aliphatic hydroxyl groups is 1. The Morgan fingerprint density at radius 3 is 2.76 bits per heavy atom. The van der Waals surface area contributed by atoms with Crippen LogP contribution in [0.4, 0.5) is 4.39 Å². The van der Waals surface area contributed by atoms with Gasteiger partial charge in [0.1, 0.15) is 11.6 Å². The SMILES string of the molecule is COc1ccc(Br)c(CC(O)CSc2ccccc2F)c1. The van der Waals surface area contributed by atoms with Crippen molar-refractivity contribution in [2.45, 2.75) is 17.4 Å². The lowest BCUT2D eigenvalue weighted by Gasteiger charge is -2.13. The van der Waals surface area contributed by atoms with Gasteiger partial charge in [-0.3, -0.25) is 0 Å². The second-order valence-electron chi connectivity index (χ2n) is 4.56. The summed E-state index contributed by atoms with van der Waals surface area (Å²) in [5.74, 6) is 0.935. The van der Waals surface area contributed by atoms with Crippen molar-refractivity contribution in [1.82, 2.24) is 0 Å². The maximum atomic E-state index is 13.5. The molecule has 0 bridgehead atoms. The van der Waals surface area contributed by atoms with E-state index in [1.165, 1.54) is 17.8 Å². The van der Waals surface area contributed by atoms with Crippen LogP contribution in [0.15, 0.2) is 51.8 Å². The summed E-state index contributed by atoms with van der Waals surface area (Å²) in [4.78, 5) is 0.557. The van der Waals surface area contributed by atoms with Crippen LogP contribution < -0.4 is 4.74 Å². The van der Waals surface area contributed by atoms with E-state index >= 15 is 0 Å². The van der Waals surface area contributed by atoms with Crippen molar-refractivity contribution >= 4 is 27.7 Å². The topological polar surface area (TPSA) is 29.5 Å². The third kappa shape index (κ3) is 4.73. The van der Waals surface area contributed by atoms with Crippen LogP contribution in [0, 0.1) is 5.82 Å². The molecular formula is C16H16BrFO2S. The molecule has 0 saturated carbocycles. The number of ether oxygens (including phenoxy) is 1. The molecule has 0 saturated heterocycles. The minimum Gasteiger partial charge on any atom is -0.497 e. The summed E-state index contributed by atoms with van der Waals surface area (Å²) in [5.41, 5.74) is 0.969. The highest BCUT2D eigenvalue weighted by molar-refractivity contribution is 9.10. The van der Waals surface area contributed by atoms with E-state index in [-0.39, 0.29) is 5.82 Å². The van der Waals surface area contributed by atoms with Crippen molar-refractivity contribution in [2.75, 3.05) is 12.9 Å². The molecule has 0 aliphatic carbocycles. The van der Waals surface area contributed by atoms with E-state index in [9.17, 15) is 9.50 Å². The number of aliphatic hydroxyl groups excluding tert-OH is 1. The van der Waals surface area contributed by atoms with Crippen molar-refractivity contribution < 1.29 is 14.2 Å². The van der Waals surface area contributed by atoms with Gasteiger partial charge in [-0.1, -0.05) is 28.1 Å². The average molecular weight is 371 g/mol. The van der Waals surface area contributed by atoms with E-state index in [4.69, 9.17) is 4.74 Å². The van der Waals surface area contributed by atoms with Gasteiger partial charge in [-0.15, -0.1) is 11.8 Å². The quantitative estimate of drug-likeness (QED) is 0.769. The summed E-state index contributed by atoms with van der Waals surface area (Å²) in [5, 5.41) is 10.1. The van der Waals surface area contributed by atoms with Gasteiger partial charge in [-0.05, 0) is 35.9 Å². The summed E-state index contributed by atoms with van der Waals surface area (Å²) in [6.45, 7) is 0. The van der Waals surface area contributed by atoms with Crippen LogP contribution in [0.2, 0.25) is 0 Å². The molecule has 0 radical (unpaired) electrons. The molecule has 0 heterocycles. The van der Waals surface area contributed by atoms with Crippen molar-refractivity contribution in [3.63, 3.8) is 0 Å². The van der Waals surface area contributed by atoms with Gasteiger partial charge >= 0.3 is 0 Å². The number of hydrogen-bond donors (Lipinski definition) is 1. The fourth-order valence-corrected chi connectivity index (χ4v) is 3.17. The fraction of sp³-hybridized carbons (Fsp3) is 0.250. The largest absolute Gasteiger partial charge is 0.497 e. The zero-order valence-electron chi connectivity index (χ0n) is 11.6. The van der Waals surface area contributed by atoms with Crippen LogP contribution in [-0.4, -0.2) is 24.1 Å². The Balaban J connectivity index is 1.96. The number of benzene rings is 2. The molecule has 2 aromatic rings. The van der Waals surface area contributed by atoms with E-state index < -0.39 is 6.10 Å². The molecule has 5 heteroatoms. The monoisotopic (exact) mass is 370 g/mol.